The number of halogens is 3. The molecule has 8 nitrogen and oxygen atoms in total. The summed E-state index contributed by atoms with van der Waals surface area (Å²) in [6.45, 7) is 2.07. The smallest absolute Gasteiger partial charge is 0.383 e. The summed E-state index contributed by atoms with van der Waals surface area (Å²) in [6.07, 6.45) is -2.51. The van der Waals surface area contributed by atoms with Crippen molar-refractivity contribution in [2.45, 2.75) is 44.3 Å². The van der Waals surface area contributed by atoms with Gasteiger partial charge in [0.1, 0.15) is 5.69 Å². The van der Waals surface area contributed by atoms with E-state index in [0.29, 0.717) is 56.9 Å². The van der Waals surface area contributed by atoms with Gasteiger partial charge in [-0.3, -0.25) is 14.9 Å². The number of carbonyl (C=O) groups excluding carboxylic acids is 1. The van der Waals surface area contributed by atoms with Gasteiger partial charge in [0.15, 0.2) is 0 Å². The van der Waals surface area contributed by atoms with Gasteiger partial charge in [-0.15, -0.1) is 0 Å². The van der Waals surface area contributed by atoms with E-state index in [2.05, 4.69) is 10.6 Å². The van der Waals surface area contributed by atoms with E-state index in [1.807, 2.05) is 4.90 Å². The molecule has 1 amide bonds. The normalized spacial score (nSPS) is 27.8. The summed E-state index contributed by atoms with van der Waals surface area (Å²) in [6, 6.07) is 2.68. The summed E-state index contributed by atoms with van der Waals surface area (Å²) in [5.41, 5.74) is 0.597. The largest absolute Gasteiger partial charge is 0.391 e. The average Bonchev–Trinajstić information content (AvgIpc) is 3.43. The summed E-state index contributed by atoms with van der Waals surface area (Å²) in [4.78, 5) is 26.2. The Morgan fingerprint density at radius 2 is 1.91 bits per heavy atom. The monoisotopic (exact) mass is 456 g/mol. The Morgan fingerprint density at radius 3 is 2.47 bits per heavy atom. The zero-order valence-corrected chi connectivity index (χ0v) is 17.8. The summed E-state index contributed by atoms with van der Waals surface area (Å²) in [5, 5.41) is 17.3. The maximum absolute atomic E-state index is 13.2. The first-order valence-corrected chi connectivity index (χ1v) is 10.8. The molecule has 1 aromatic rings. The standard InChI is InChI=1S/C21H27F3N4O4/c1-25-15-11-16(27-6-8-32-9-7-27)14(10-17(15)28(30)31)19(29)26-18-12-20(18)4-2-13(3-5-20)21(22,23)24/h10-11,13,18,25H,2-9,12H2,1H3,(H,26,29)/t13?,18-,20?/m1/s1. The molecule has 3 aliphatic rings. The molecule has 1 aromatic carbocycles. The topological polar surface area (TPSA) is 96.7 Å². The van der Waals surface area contributed by atoms with Crippen molar-refractivity contribution in [3.8, 4) is 0 Å². The van der Waals surface area contributed by atoms with Crippen molar-refractivity contribution in [1.82, 2.24) is 5.32 Å². The van der Waals surface area contributed by atoms with Crippen molar-refractivity contribution in [3.05, 3.63) is 27.8 Å². The fraction of sp³-hybridized carbons (Fsp3) is 0.667. The fourth-order valence-electron chi connectivity index (χ4n) is 5.04. The zero-order chi connectivity index (χ0) is 23.1. The summed E-state index contributed by atoms with van der Waals surface area (Å²) in [5.74, 6) is -1.70. The first kappa shape index (κ1) is 22.6. The number of anilines is 2. The molecule has 176 valence electrons. The van der Waals surface area contributed by atoms with Crippen LogP contribution in [0, 0.1) is 21.4 Å². The summed E-state index contributed by atoms with van der Waals surface area (Å²) in [7, 11) is 1.58. The molecule has 32 heavy (non-hydrogen) atoms. The molecule has 1 spiro atoms. The Morgan fingerprint density at radius 1 is 1.25 bits per heavy atom. The van der Waals surface area contributed by atoms with Gasteiger partial charge in [0.05, 0.1) is 35.3 Å². The molecule has 3 fully saturated rings. The Labute approximate surface area is 183 Å². The number of rotatable bonds is 5. The highest BCUT2D eigenvalue weighted by Crippen LogP contribution is 2.59. The zero-order valence-electron chi connectivity index (χ0n) is 17.8. The number of nitrogens with one attached hydrogen (secondary N) is 2. The molecule has 2 saturated carbocycles. The van der Waals surface area contributed by atoms with Crippen LogP contribution in [0.15, 0.2) is 12.1 Å². The molecular formula is C21H27F3N4O4. The quantitative estimate of drug-likeness (QED) is 0.518. The van der Waals surface area contributed by atoms with Crippen LogP contribution in [-0.2, 0) is 4.74 Å². The minimum absolute atomic E-state index is 0.0806. The number of hydrogen-bond acceptors (Lipinski definition) is 6. The van der Waals surface area contributed by atoms with Gasteiger partial charge in [-0.2, -0.15) is 13.2 Å². The van der Waals surface area contributed by atoms with E-state index in [-0.39, 0.29) is 35.5 Å². The van der Waals surface area contributed by atoms with Gasteiger partial charge >= 0.3 is 6.18 Å². The van der Waals surface area contributed by atoms with Crippen LogP contribution in [0.5, 0.6) is 0 Å². The van der Waals surface area contributed by atoms with Crippen LogP contribution in [0.2, 0.25) is 0 Å². The third-order valence-corrected chi connectivity index (χ3v) is 7.12. The van der Waals surface area contributed by atoms with Crippen LogP contribution >= 0.6 is 0 Å². The van der Waals surface area contributed by atoms with Crippen molar-refractivity contribution >= 4 is 23.0 Å². The molecule has 2 N–H and O–H groups in total. The minimum Gasteiger partial charge on any atom is -0.383 e. The molecule has 0 aromatic heterocycles. The van der Waals surface area contributed by atoms with Gasteiger partial charge < -0.3 is 20.3 Å². The number of nitro groups is 1. The lowest BCUT2D eigenvalue weighted by Gasteiger charge is -2.31. The molecule has 4 rings (SSSR count). The Balaban J connectivity index is 1.53. The summed E-state index contributed by atoms with van der Waals surface area (Å²) < 4.78 is 44.3. The number of carbonyl (C=O) groups is 1. The SMILES string of the molecule is CNc1cc(N2CCOCC2)c(C(=O)N[C@@H]2CC23CCC(C(F)(F)F)CC3)cc1[N+](=O)[O-]. The minimum atomic E-state index is -4.17. The second-order valence-corrected chi connectivity index (χ2v) is 8.90. The molecule has 2 aliphatic carbocycles. The van der Waals surface area contributed by atoms with Crippen molar-refractivity contribution in [1.29, 1.82) is 0 Å². The second-order valence-electron chi connectivity index (χ2n) is 8.90. The van der Waals surface area contributed by atoms with E-state index < -0.39 is 22.9 Å². The van der Waals surface area contributed by atoms with Gasteiger partial charge in [0.25, 0.3) is 11.6 Å². The van der Waals surface area contributed by atoms with Gasteiger partial charge in [-0.1, -0.05) is 0 Å². The highest BCUT2D eigenvalue weighted by atomic mass is 19.4. The number of benzene rings is 1. The van der Waals surface area contributed by atoms with E-state index in [1.54, 1.807) is 13.1 Å². The van der Waals surface area contributed by atoms with E-state index >= 15 is 0 Å². The van der Waals surface area contributed by atoms with Gasteiger partial charge in [0.2, 0.25) is 0 Å². The first-order valence-electron chi connectivity index (χ1n) is 10.8. The Hall–Kier alpha value is -2.56. The molecule has 0 unspecified atom stereocenters. The molecule has 0 radical (unpaired) electrons. The maximum atomic E-state index is 13.2. The van der Waals surface area contributed by atoms with Crippen LogP contribution in [0.4, 0.5) is 30.2 Å². The van der Waals surface area contributed by atoms with Crippen LogP contribution in [0.25, 0.3) is 0 Å². The van der Waals surface area contributed by atoms with Crippen molar-refractivity contribution in [3.63, 3.8) is 0 Å². The van der Waals surface area contributed by atoms with E-state index in [4.69, 9.17) is 4.74 Å². The maximum Gasteiger partial charge on any atom is 0.391 e. The van der Waals surface area contributed by atoms with E-state index in [0.717, 1.165) is 0 Å². The van der Waals surface area contributed by atoms with Crippen molar-refractivity contribution in [2.24, 2.45) is 11.3 Å². The highest BCUT2D eigenvalue weighted by Gasteiger charge is 2.58. The van der Waals surface area contributed by atoms with Crippen molar-refractivity contribution in [2.75, 3.05) is 43.6 Å². The highest BCUT2D eigenvalue weighted by molar-refractivity contribution is 6.02. The first-order chi connectivity index (χ1) is 15.1. The molecular weight excluding hydrogens is 429 g/mol. The van der Waals surface area contributed by atoms with Gasteiger partial charge in [-0.25, -0.2) is 0 Å². The lowest BCUT2D eigenvalue weighted by atomic mass is 9.79. The Bertz CT molecular complexity index is 894. The molecule has 1 saturated heterocycles. The van der Waals surface area contributed by atoms with Crippen LogP contribution in [0.3, 0.4) is 0 Å². The fourth-order valence-corrected chi connectivity index (χ4v) is 5.04. The lowest BCUT2D eigenvalue weighted by molar-refractivity contribution is -0.383. The van der Waals surface area contributed by atoms with Crippen LogP contribution in [0.1, 0.15) is 42.5 Å². The predicted molar refractivity (Wildman–Crippen MR) is 112 cm³/mol. The third kappa shape index (κ3) is 4.35. The molecule has 1 atom stereocenters. The molecule has 11 heteroatoms. The molecule has 0 bridgehead atoms. The van der Waals surface area contributed by atoms with E-state index in [1.165, 1.54) is 6.07 Å². The van der Waals surface area contributed by atoms with Gasteiger partial charge in [-0.05, 0) is 43.6 Å². The lowest BCUT2D eigenvalue weighted by Crippen LogP contribution is -2.39. The van der Waals surface area contributed by atoms with Crippen LogP contribution in [-0.4, -0.2) is 56.4 Å². The van der Waals surface area contributed by atoms with Gasteiger partial charge in [0, 0.05) is 32.2 Å². The Kier molecular flexibility index (Phi) is 5.95. The number of nitrogens with zero attached hydrogens (tertiary/aromatic N) is 2. The third-order valence-electron chi connectivity index (χ3n) is 7.12. The number of amides is 1. The van der Waals surface area contributed by atoms with Crippen molar-refractivity contribution < 1.29 is 27.6 Å². The number of alkyl halides is 3. The second kappa shape index (κ2) is 8.42. The van der Waals surface area contributed by atoms with E-state index in [9.17, 15) is 28.1 Å². The number of ether oxygens (including phenoxy) is 1. The number of hydrogen-bond donors (Lipinski definition) is 2. The molecule has 1 heterocycles. The summed E-state index contributed by atoms with van der Waals surface area (Å²) >= 11 is 0. The molecule has 1 aliphatic heterocycles. The predicted octanol–water partition coefficient (Wildman–Crippen LogP) is 3.71. The number of morpholine rings is 1. The van der Waals surface area contributed by atoms with Crippen LogP contribution < -0.4 is 15.5 Å². The average molecular weight is 456 g/mol. The number of nitro benzene ring substituents is 1.